The van der Waals surface area contributed by atoms with Crippen LogP contribution in [-0.2, 0) is 9.63 Å². The van der Waals surface area contributed by atoms with Gasteiger partial charge in [-0.25, -0.2) is 9.78 Å². The highest BCUT2D eigenvalue weighted by Crippen LogP contribution is 2.20. The van der Waals surface area contributed by atoms with Crippen LogP contribution in [0.4, 0.5) is 0 Å². The third-order valence-electron chi connectivity index (χ3n) is 2.81. The monoisotopic (exact) mass is 282 g/mol. The Bertz CT molecular complexity index is 809. The quantitative estimate of drug-likeness (QED) is 0.479. The average molecular weight is 282 g/mol. The molecule has 6 nitrogen and oxygen atoms in total. The second kappa shape index (κ2) is 5.16. The molecule has 6 heteroatoms. The Hall–Kier alpha value is -3.02. The maximum absolute atomic E-state index is 12.0. The van der Waals surface area contributed by atoms with E-state index in [0.29, 0.717) is 22.7 Å². The smallest absolute Gasteiger partial charge is 0.369 e. The third-order valence-corrected chi connectivity index (χ3v) is 2.81. The first-order valence-corrected chi connectivity index (χ1v) is 6.19. The lowest BCUT2D eigenvalue weighted by Gasteiger charge is -2.00. The van der Waals surface area contributed by atoms with Gasteiger partial charge in [0, 0.05) is 6.92 Å². The van der Waals surface area contributed by atoms with Crippen molar-refractivity contribution in [3.05, 3.63) is 54.0 Å². The minimum absolute atomic E-state index is 0.137. The van der Waals surface area contributed by atoms with Crippen LogP contribution in [0.25, 0.3) is 11.1 Å². The van der Waals surface area contributed by atoms with Crippen molar-refractivity contribution in [2.75, 3.05) is 0 Å². The van der Waals surface area contributed by atoms with Crippen LogP contribution in [0.3, 0.4) is 0 Å². The molecule has 1 aliphatic rings. The number of rotatable bonds is 2. The molecule has 0 N–H and O–H groups in total. The maximum Gasteiger partial charge on any atom is 0.369 e. The van der Waals surface area contributed by atoms with Crippen molar-refractivity contribution in [3.8, 4) is 0 Å². The van der Waals surface area contributed by atoms with Crippen molar-refractivity contribution in [3.63, 3.8) is 0 Å². The van der Waals surface area contributed by atoms with E-state index < -0.39 is 5.97 Å². The molecule has 21 heavy (non-hydrogen) atoms. The molecule has 1 heterocycles. The molecular weight excluding hydrogens is 272 g/mol. The number of para-hydroxylation sites is 1. The second-order valence-electron chi connectivity index (χ2n) is 4.35. The normalized spacial score (nSPS) is 13.8. The summed E-state index contributed by atoms with van der Waals surface area (Å²) in [5, 5.41) is 3.69. The van der Waals surface area contributed by atoms with Gasteiger partial charge >= 0.3 is 5.97 Å². The van der Waals surface area contributed by atoms with Crippen LogP contribution in [-0.4, -0.2) is 22.4 Å². The molecular formula is C15H10N2O4. The number of hydrogen-bond donors (Lipinski definition) is 0. The van der Waals surface area contributed by atoms with Gasteiger partial charge in [-0.05, 0) is 36.4 Å². The Labute approximate surface area is 119 Å². The van der Waals surface area contributed by atoms with E-state index in [0.717, 1.165) is 0 Å². The van der Waals surface area contributed by atoms with Gasteiger partial charge in [0.1, 0.15) is 16.8 Å². The molecule has 0 saturated heterocycles. The number of oxime groups is 1. The lowest BCUT2D eigenvalue weighted by atomic mass is 10.2. The number of carbonyl (C=O) groups excluding carboxylic acids is 2. The molecule has 0 saturated carbocycles. The number of aryl methyl sites for hydroxylation is 1. The minimum atomic E-state index is -0.650. The predicted octanol–water partition coefficient (Wildman–Crippen LogP) is 2.34. The Morgan fingerprint density at radius 3 is 2.76 bits per heavy atom. The molecule has 1 aliphatic carbocycles. The number of fused-ring (bicyclic) bond motifs is 1. The molecule has 2 aromatic rings. The standard InChI is InChI=1S/C15H10N2O4/c1-9-16-13-4-2-3-12(14(13)20-9)15(19)21-17-10-5-7-11(18)8-6-10/h2-8H,1H3. The van der Waals surface area contributed by atoms with E-state index in [1.165, 1.54) is 24.3 Å². The van der Waals surface area contributed by atoms with Gasteiger partial charge in [0.05, 0.1) is 0 Å². The summed E-state index contributed by atoms with van der Waals surface area (Å²) in [5.41, 5.74) is 1.57. The first-order valence-electron chi connectivity index (χ1n) is 6.19. The van der Waals surface area contributed by atoms with E-state index in [2.05, 4.69) is 10.1 Å². The van der Waals surface area contributed by atoms with Gasteiger partial charge in [0.2, 0.25) is 0 Å². The molecule has 3 rings (SSSR count). The molecule has 1 aromatic heterocycles. The number of allylic oxidation sites excluding steroid dienone is 4. The molecule has 1 aromatic carbocycles. The van der Waals surface area contributed by atoms with Crippen molar-refractivity contribution >= 4 is 28.6 Å². The zero-order valence-corrected chi connectivity index (χ0v) is 11.1. The first kappa shape index (κ1) is 13.0. The largest absolute Gasteiger partial charge is 0.440 e. The first-order chi connectivity index (χ1) is 10.1. The molecule has 0 spiro atoms. The Morgan fingerprint density at radius 2 is 2.00 bits per heavy atom. The summed E-state index contributed by atoms with van der Waals surface area (Å²) in [6, 6.07) is 5.01. The Balaban J connectivity index is 1.85. The van der Waals surface area contributed by atoms with Gasteiger partial charge in [-0.15, -0.1) is 0 Å². The van der Waals surface area contributed by atoms with Crippen LogP contribution in [0, 0.1) is 6.92 Å². The number of aromatic nitrogens is 1. The highest BCUT2D eigenvalue weighted by Gasteiger charge is 2.16. The Kier molecular flexibility index (Phi) is 3.19. The fourth-order valence-electron chi connectivity index (χ4n) is 1.87. The molecule has 0 atom stereocenters. The molecule has 0 aliphatic heterocycles. The topological polar surface area (TPSA) is 81.8 Å². The van der Waals surface area contributed by atoms with Crippen LogP contribution in [0.2, 0.25) is 0 Å². The highest BCUT2D eigenvalue weighted by molar-refractivity contribution is 6.16. The van der Waals surface area contributed by atoms with E-state index in [9.17, 15) is 9.59 Å². The fraction of sp³-hybridized carbons (Fsp3) is 0.0667. The SMILES string of the molecule is Cc1nc2cccc(C(=O)ON=C3C=CC(=O)C=C3)c2o1. The van der Waals surface area contributed by atoms with E-state index in [1.54, 1.807) is 25.1 Å². The molecule has 0 amide bonds. The fourth-order valence-corrected chi connectivity index (χ4v) is 1.87. The molecule has 0 unspecified atom stereocenters. The van der Waals surface area contributed by atoms with Crippen molar-refractivity contribution < 1.29 is 18.8 Å². The summed E-state index contributed by atoms with van der Waals surface area (Å²) in [7, 11) is 0. The van der Waals surface area contributed by atoms with Gasteiger partial charge in [-0.3, -0.25) is 4.79 Å². The highest BCUT2D eigenvalue weighted by atomic mass is 16.7. The summed E-state index contributed by atoms with van der Waals surface area (Å²) in [6.45, 7) is 1.70. The van der Waals surface area contributed by atoms with Gasteiger partial charge in [0.25, 0.3) is 0 Å². The predicted molar refractivity (Wildman–Crippen MR) is 74.9 cm³/mol. The molecule has 0 bridgehead atoms. The number of hydrogen-bond acceptors (Lipinski definition) is 6. The summed E-state index contributed by atoms with van der Waals surface area (Å²) >= 11 is 0. The minimum Gasteiger partial charge on any atom is -0.440 e. The van der Waals surface area contributed by atoms with Crippen LogP contribution in [0.1, 0.15) is 16.2 Å². The second-order valence-corrected chi connectivity index (χ2v) is 4.35. The van der Waals surface area contributed by atoms with Gasteiger partial charge in [-0.1, -0.05) is 11.2 Å². The number of ketones is 1. The zero-order valence-electron chi connectivity index (χ0n) is 11.1. The van der Waals surface area contributed by atoms with E-state index in [1.807, 2.05) is 0 Å². The van der Waals surface area contributed by atoms with Crippen molar-refractivity contribution in [1.82, 2.24) is 4.98 Å². The molecule has 0 fully saturated rings. The Morgan fingerprint density at radius 1 is 1.24 bits per heavy atom. The average Bonchev–Trinajstić information content (AvgIpc) is 2.86. The molecule has 104 valence electrons. The summed E-state index contributed by atoms with van der Waals surface area (Å²) in [6.07, 6.45) is 5.62. The van der Waals surface area contributed by atoms with Gasteiger partial charge in [0.15, 0.2) is 17.3 Å². The van der Waals surface area contributed by atoms with Crippen LogP contribution in [0.15, 0.2) is 52.1 Å². The number of oxazole rings is 1. The zero-order chi connectivity index (χ0) is 14.8. The van der Waals surface area contributed by atoms with Crippen LogP contribution in [0.5, 0.6) is 0 Å². The lowest BCUT2D eigenvalue weighted by molar-refractivity contribution is -0.110. The van der Waals surface area contributed by atoms with E-state index in [-0.39, 0.29) is 11.3 Å². The van der Waals surface area contributed by atoms with Gasteiger partial charge in [-0.2, -0.15) is 0 Å². The van der Waals surface area contributed by atoms with E-state index in [4.69, 9.17) is 9.25 Å². The number of benzene rings is 1. The van der Waals surface area contributed by atoms with Crippen molar-refractivity contribution in [2.24, 2.45) is 5.16 Å². The van der Waals surface area contributed by atoms with Crippen molar-refractivity contribution in [1.29, 1.82) is 0 Å². The van der Waals surface area contributed by atoms with Gasteiger partial charge < -0.3 is 9.25 Å². The summed E-state index contributed by atoms with van der Waals surface area (Å²) in [5.74, 6) is -0.321. The van der Waals surface area contributed by atoms with Crippen molar-refractivity contribution in [2.45, 2.75) is 6.92 Å². The number of nitrogens with zero attached hydrogens (tertiary/aromatic N) is 2. The summed E-state index contributed by atoms with van der Waals surface area (Å²) in [4.78, 5) is 32.0. The molecule has 0 radical (unpaired) electrons. The summed E-state index contributed by atoms with van der Waals surface area (Å²) < 4.78 is 5.39. The van der Waals surface area contributed by atoms with Crippen LogP contribution < -0.4 is 0 Å². The lowest BCUT2D eigenvalue weighted by Crippen LogP contribution is -2.05. The third kappa shape index (κ3) is 2.64. The maximum atomic E-state index is 12.0. The van der Waals surface area contributed by atoms with Crippen LogP contribution >= 0.6 is 0 Å². The number of carbonyl (C=O) groups is 2. The van der Waals surface area contributed by atoms with E-state index >= 15 is 0 Å².